The Bertz CT molecular complexity index is 1220. The monoisotopic (exact) mass is 493 g/mol. The average Bonchev–Trinajstić information content (AvgIpc) is 3.22. The molecule has 3 aromatic rings. The zero-order valence-corrected chi connectivity index (χ0v) is 19.2. The lowest BCUT2D eigenvalue weighted by atomic mass is 10.3. The maximum atomic E-state index is 12.7. The molecule has 0 spiro atoms. The SMILES string of the molecule is CCc1cc2c(=O)[nH]ncc2n1CCOCCC(=O)N1CCN(c2ncc(C(F)(F)F)cn2)CC1. The molecule has 1 N–H and O–H groups in total. The van der Waals surface area contributed by atoms with E-state index >= 15 is 0 Å². The van der Waals surface area contributed by atoms with Crippen molar-refractivity contribution in [2.75, 3.05) is 44.3 Å². The van der Waals surface area contributed by atoms with Crippen LogP contribution in [0.2, 0.25) is 0 Å². The number of hydrogen-bond donors (Lipinski definition) is 1. The summed E-state index contributed by atoms with van der Waals surface area (Å²) in [6.07, 6.45) is -0.330. The van der Waals surface area contributed by atoms with Crippen molar-refractivity contribution in [2.45, 2.75) is 32.5 Å². The Morgan fingerprint density at radius 3 is 2.49 bits per heavy atom. The number of aryl methyl sites for hydroxylation is 1. The van der Waals surface area contributed by atoms with E-state index in [0.717, 1.165) is 30.0 Å². The van der Waals surface area contributed by atoms with E-state index in [-0.39, 0.29) is 30.4 Å². The summed E-state index contributed by atoms with van der Waals surface area (Å²) in [7, 11) is 0. The Labute approximate surface area is 198 Å². The third-order valence-corrected chi connectivity index (χ3v) is 5.98. The molecule has 0 atom stereocenters. The normalized spacial score (nSPS) is 14.6. The first kappa shape index (κ1) is 24.6. The highest BCUT2D eigenvalue weighted by Gasteiger charge is 2.32. The highest BCUT2D eigenvalue weighted by molar-refractivity contribution is 5.79. The fourth-order valence-corrected chi connectivity index (χ4v) is 4.07. The number of H-pyrrole nitrogens is 1. The Balaban J connectivity index is 1.20. The molecule has 10 nitrogen and oxygen atoms in total. The molecule has 0 unspecified atom stereocenters. The van der Waals surface area contributed by atoms with Crippen molar-refractivity contribution in [2.24, 2.45) is 0 Å². The molecular formula is C22H26F3N7O3. The van der Waals surface area contributed by atoms with Crippen molar-refractivity contribution in [1.82, 2.24) is 29.6 Å². The lowest BCUT2D eigenvalue weighted by Crippen LogP contribution is -2.49. The number of nitrogens with one attached hydrogen (secondary N) is 1. The van der Waals surface area contributed by atoms with Crippen LogP contribution in [0.1, 0.15) is 24.6 Å². The smallest absolute Gasteiger partial charge is 0.379 e. The Kier molecular flexibility index (Phi) is 7.34. The van der Waals surface area contributed by atoms with Gasteiger partial charge in [0.1, 0.15) is 0 Å². The Morgan fingerprint density at radius 2 is 1.83 bits per heavy atom. The number of ether oxygens (including phenoxy) is 1. The molecule has 3 aromatic heterocycles. The van der Waals surface area contributed by atoms with Gasteiger partial charge >= 0.3 is 6.18 Å². The number of carbonyl (C=O) groups is 1. The van der Waals surface area contributed by atoms with Crippen LogP contribution in [0.4, 0.5) is 19.1 Å². The van der Waals surface area contributed by atoms with Gasteiger partial charge in [0, 0.05) is 50.8 Å². The van der Waals surface area contributed by atoms with Gasteiger partial charge < -0.3 is 19.1 Å². The molecular weight excluding hydrogens is 467 g/mol. The molecule has 35 heavy (non-hydrogen) atoms. The van der Waals surface area contributed by atoms with E-state index in [0.29, 0.717) is 44.7 Å². The first-order chi connectivity index (χ1) is 16.8. The summed E-state index contributed by atoms with van der Waals surface area (Å²) in [6, 6.07) is 1.86. The molecule has 1 aliphatic rings. The van der Waals surface area contributed by atoms with Crippen LogP contribution in [0, 0.1) is 0 Å². The van der Waals surface area contributed by atoms with E-state index in [1.165, 1.54) is 0 Å². The number of aromatic amines is 1. The first-order valence-electron chi connectivity index (χ1n) is 11.3. The summed E-state index contributed by atoms with van der Waals surface area (Å²) in [4.78, 5) is 35.6. The van der Waals surface area contributed by atoms with E-state index in [1.54, 1.807) is 16.0 Å². The fourth-order valence-electron chi connectivity index (χ4n) is 4.07. The van der Waals surface area contributed by atoms with Crippen molar-refractivity contribution in [3.8, 4) is 0 Å². The molecule has 1 saturated heterocycles. The van der Waals surface area contributed by atoms with E-state index in [4.69, 9.17) is 4.74 Å². The van der Waals surface area contributed by atoms with Gasteiger partial charge in [-0.3, -0.25) is 9.59 Å². The summed E-state index contributed by atoms with van der Waals surface area (Å²) in [5.74, 6) is 0.170. The maximum absolute atomic E-state index is 12.7. The second-order valence-corrected chi connectivity index (χ2v) is 8.14. The molecule has 0 radical (unpaired) electrons. The number of nitrogens with zero attached hydrogens (tertiary/aromatic N) is 6. The van der Waals surface area contributed by atoms with Crippen LogP contribution in [-0.4, -0.2) is 74.9 Å². The van der Waals surface area contributed by atoms with Crippen LogP contribution in [0.15, 0.2) is 29.5 Å². The number of amides is 1. The van der Waals surface area contributed by atoms with Gasteiger partial charge in [-0.15, -0.1) is 0 Å². The third kappa shape index (κ3) is 5.61. The molecule has 1 amide bonds. The second-order valence-electron chi connectivity index (χ2n) is 8.14. The number of rotatable bonds is 8. The van der Waals surface area contributed by atoms with E-state index < -0.39 is 11.7 Å². The lowest BCUT2D eigenvalue weighted by molar-refractivity contribution is -0.138. The number of piperazine rings is 1. The minimum Gasteiger partial charge on any atom is -0.379 e. The van der Waals surface area contributed by atoms with Gasteiger partial charge in [-0.2, -0.15) is 18.3 Å². The van der Waals surface area contributed by atoms with Crippen LogP contribution in [0.25, 0.3) is 10.9 Å². The minimum absolute atomic E-state index is 0.0469. The third-order valence-electron chi connectivity index (χ3n) is 5.98. The Hall–Kier alpha value is -3.48. The maximum Gasteiger partial charge on any atom is 0.419 e. The minimum atomic E-state index is -4.48. The fraction of sp³-hybridized carbons (Fsp3) is 0.500. The van der Waals surface area contributed by atoms with Gasteiger partial charge in [-0.05, 0) is 12.5 Å². The van der Waals surface area contributed by atoms with Crippen LogP contribution < -0.4 is 10.5 Å². The van der Waals surface area contributed by atoms with Crippen molar-refractivity contribution >= 4 is 22.8 Å². The molecule has 1 fully saturated rings. The molecule has 0 saturated carbocycles. The zero-order valence-electron chi connectivity index (χ0n) is 19.2. The number of anilines is 1. The number of carbonyl (C=O) groups excluding carboxylic acids is 1. The van der Waals surface area contributed by atoms with Crippen molar-refractivity contribution in [3.05, 3.63) is 46.3 Å². The number of halogens is 3. The number of alkyl halides is 3. The summed E-state index contributed by atoms with van der Waals surface area (Å²) in [5, 5.41) is 6.90. The quantitative estimate of drug-likeness (QED) is 0.477. The first-order valence-corrected chi connectivity index (χ1v) is 11.3. The summed E-state index contributed by atoms with van der Waals surface area (Å²) >= 11 is 0. The van der Waals surface area contributed by atoms with Gasteiger partial charge in [-0.1, -0.05) is 6.92 Å². The number of hydrogen-bond acceptors (Lipinski definition) is 7. The standard InChI is InChI=1S/C22H26F3N7O3/c1-2-16-11-17-18(14-28-29-20(17)34)32(16)8-10-35-9-3-19(33)30-4-6-31(7-5-30)21-26-12-15(13-27-21)22(23,24)25/h11-14H,2-10H2,1H3,(H,29,34). The average molecular weight is 493 g/mol. The molecule has 4 heterocycles. The number of aromatic nitrogens is 5. The van der Waals surface area contributed by atoms with Gasteiger partial charge in [0.2, 0.25) is 11.9 Å². The van der Waals surface area contributed by atoms with Crippen LogP contribution in [0.5, 0.6) is 0 Å². The van der Waals surface area contributed by atoms with E-state index in [1.807, 2.05) is 17.6 Å². The molecule has 4 rings (SSSR count). The molecule has 13 heteroatoms. The second kappa shape index (κ2) is 10.4. The Morgan fingerprint density at radius 1 is 1.11 bits per heavy atom. The number of fused-ring (bicyclic) bond motifs is 1. The highest BCUT2D eigenvalue weighted by atomic mass is 19.4. The van der Waals surface area contributed by atoms with Crippen LogP contribution >= 0.6 is 0 Å². The molecule has 0 aliphatic carbocycles. The topological polar surface area (TPSA) is 109 Å². The zero-order chi connectivity index (χ0) is 25.0. The van der Waals surface area contributed by atoms with Crippen LogP contribution in [0.3, 0.4) is 0 Å². The predicted molar refractivity (Wildman–Crippen MR) is 121 cm³/mol. The molecule has 0 aromatic carbocycles. The predicted octanol–water partition coefficient (Wildman–Crippen LogP) is 1.85. The van der Waals surface area contributed by atoms with Gasteiger partial charge in [-0.25, -0.2) is 15.1 Å². The van der Waals surface area contributed by atoms with Crippen molar-refractivity contribution in [1.29, 1.82) is 0 Å². The highest BCUT2D eigenvalue weighted by Crippen LogP contribution is 2.28. The largest absolute Gasteiger partial charge is 0.419 e. The lowest BCUT2D eigenvalue weighted by Gasteiger charge is -2.34. The molecule has 188 valence electrons. The van der Waals surface area contributed by atoms with Gasteiger partial charge in [0.15, 0.2) is 0 Å². The molecule has 0 bridgehead atoms. The summed E-state index contributed by atoms with van der Waals surface area (Å²) in [5.41, 5.74) is 0.636. The summed E-state index contributed by atoms with van der Waals surface area (Å²) in [6.45, 7) is 4.93. The van der Waals surface area contributed by atoms with E-state index in [9.17, 15) is 22.8 Å². The summed E-state index contributed by atoms with van der Waals surface area (Å²) < 4.78 is 45.7. The van der Waals surface area contributed by atoms with E-state index in [2.05, 4.69) is 20.2 Å². The molecule has 1 aliphatic heterocycles. The van der Waals surface area contributed by atoms with Crippen molar-refractivity contribution in [3.63, 3.8) is 0 Å². The van der Waals surface area contributed by atoms with Gasteiger partial charge in [0.05, 0.1) is 42.3 Å². The van der Waals surface area contributed by atoms with Crippen LogP contribution in [-0.2, 0) is 28.7 Å². The van der Waals surface area contributed by atoms with Crippen molar-refractivity contribution < 1.29 is 22.7 Å². The van der Waals surface area contributed by atoms with Gasteiger partial charge in [0.25, 0.3) is 5.56 Å².